The van der Waals surface area contributed by atoms with Gasteiger partial charge in [0.05, 0.1) is 0 Å². The van der Waals surface area contributed by atoms with Gasteiger partial charge in [-0.25, -0.2) is 4.79 Å². The lowest BCUT2D eigenvalue weighted by Gasteiger charge is -1.91. The molecule has 0 aromatic heterocycles. The van der Waals surface area contributed by atoms with Crippen LogP contribution in [0.1, 0.15) is 6.42 Å². The normalized spacial score (nSPS) is 21.2. The number of aliphatic carboxylic acids is 1. The van der Waals surface area contributed by atoms with Crippen LogP contribution in [0.5, 0.6) is 0 Å². The minimum absolute atomic E-state index is 0.238. The highest BCUT2D eigenvalue weighted by Crippen LogP contribution is 2.06. The lowest BCUT2D eigenvalue weighted by molar-refractivity contribution is -0.131. The van der Waals surface area contributed by atoms with Crippen LogP contribution in [0, 0.1) is 5.41 Å². The predicted octanol–water partition coefficient (Wildman–Crippen LogP) is -0.0320. The monoisotopic (exact) mass is 140 g/mol. The average molecular weight is 140 g/mol. The van der Waals surface area contributed by atoms with Crippen LogP contribution in [-0.4, -0.2) is 23.5 Å². The Hall–Kier alpha value is -1.32. The smallest absolute Gasteiger partial charge is 0.328 e. The summed E-state index contributed by atoms with van der Waals surface area (Å²) in [6, 6.07) is 0. The van der Waals surface area contributed by atoms with Gasteiger partial charge in [-0.05, 0) is 6.42 Å². The first-order valence-electron chi connectivity index (χ1n) is 2.96. The van der Waals surface area contributed by atoms with Crippen molar-refractivity contribution in [1.82, 2.24) is 5.32 Å². The van der Waals surface area contributed by atoms with Gasteiger partial charge in [0, 0.05) is 18.2 Å². The van der Waals surface area contributed by atoms with Crippen LogP contribution < -0.4 is 5.32 Å². The van der Waals surface area contributed by atoms with E-state index in [0.717, 1.165) is 6.08 Å². The van der Waals surface area contributed by atoms with Crippen LogP contribution in [0.15, 0.2) is 11.6 Å². The van der Waals surface area contributed by atoms with Gasteiger partial charge >= 0.3 is 5.97 Å². The van der Waals surface area contributed by atoms with Gasteiger partial charge in [0.15, 0.2) is 0 Å². The highest BCUT2D eigenvalue weighted by atomic mass is 16.4. The van der Waals surface area contributed by atoms with Crippen molar-refractivity contribution in [1.29, 1.82) is 5.41 Å². The summed E-state index contributed by atoms with van der Waals surface area (Å²) in [5.41, 5.74) is 0.576. The van der Waals surface area contributed by atoms with Crippen LogP contribution in [0.2, 0.25) is 0 Å². The van der Waals surface area contributed by atoms with E-state index in [-0.39, 0.29) is 5.84 Å². The molecule has 0 aliphatic carbocycles. The topological polar surface area (TPSA) is 73.2 Å². The van der Waals surface area contributed by atoms with Gasteiger partial charge in [-0.1, -0.05) is 0 Å². The number of hydrogen-bond donors (Lipinski definition) is 3. The molecule has 1 rings (SSSR count). The Bertz CT molecular complexity index is 208. The van der Waals surface area contributed by atoms with E-state index < -0.39 is 5.97 Å². The van der Waals surface area contributed by atoms with Crippen LogP contribution in [-0.2, 0) is 4.79 Å². The van der Waals surface area contributed by atoms with Crippen molar-refractivity contribution < 1.29 is 9.90 Å². The zero-order valence-corrected chi connectivity index (χ0v) is 5.35. The SMILES string of the molecule is N=C1NCCC1=CC(=O)O. The molecule has 1 saturated heterocycles. The van der Waals surface area contributed by atoms with Crippen molar-refractivity contribution in [3.05, 3.63) is 11.6 Å². The van der Waals surface area contributed by atoms with Gasteiger partial charge in [0.25, 0.3) is 0 Å². The van der Waals surface area contributed by atoms with E-state index in [4.69, 9.17) is 10.5 Å². The maximum absolute atomic E-state index is 10.1. The third-order valence-electron chi connectivity index (χ3n) is 1.31. The number of hydrogen-bond acceptors (Lipinski definition) is 2. The maximum atomic E-state index is 10.1. The molecule has 4 nitrogen and oxygen atoms in total. The molecule has 54 valence electrons. The van der Waals surface area contributed by atoms with E-state index >= 15 is 0 Å². The first-order chi connectivity index (χ1) is 4.70. The fraction of sp³-hybridized carbons (Fsp3) is 0.333. The Labute approximate surface area is 58.1 Å². The van der Waals surface area contributed by atoms with Gasteiger partial charge in [-0.15, -0.1) is 0 Å². The quantitative estimate of drug-likeness (QED) is 0.448. The lowest BCUT2D eigenvalue weighted by atomic mass is 10.2. The summed E-state index contributed by atoms with van der Waals surface area (Å²) in [5.74, 6) is -0.745. The molecule has 0 radical (unpaired) electrons. The summed E-state index contributed by atoms with van der Waals surface area (Å²) < 4.78 is 0. The minimum Gasteiger partial charge on any atom is -0.478 e. The molecule has 0 atom stereocenters. The highest BCUT2D eigenvalue weighted by molar-refractivity contribution is 6.02. The van der Waals surface area contributed by atoms with E-state index in [0.29, 0.717) is 18.5 Å². The number of carbonyl (C=O) groups is 1. The molecule has 0 aromatic rings. The molecule has 0 spiro atoms. The van der Waals surface area contributed by atoms with Gasteiger partial charge in [-0.2, -0.15) is 0 Å². The van der Waals surface area contributed by atoms with Crippen LogP contribution in [0.4, 0.5) is 0 Å². The fourth-order valence-electron chi connectivity index (χ4n) is 0.854. The Morgan fingerprint density at radius 3 is 2.90 bits per heavy atom. The summed E-state index contributed by atoms with van der Waals surface area (Å²) >= 11 is 0. The second-order valence-corrected chi connectivity index (χ2v) is 2.06. The molecule has 10 heavy (non-hydrogen) atoms. The van der Waals surface area contributed by atoms with Gasteiger partial charge in [0.2, 0.25) is 0 Å². The largest absolute Gasteiger partial charge is 0.478 e. The second kappa shape index (κ2) is 2.51. The second-order valence-electron chi connectivity index (χ2n) is 2.06. The standard InChI is InChI=1S/C6H8N2O2/c7-6-4(1-2-8-6)3-5(9)10/h3H,1-2H2,(H2,7,8)(H,9,10). The van der Waals surface area contributed by atoms with Crippen LogP contribution >= 0.6 is 0 Å². The summed E-state index contributed by atoms with van der Waals surface area (Å²) in [6.45, 7) is 0.679. The summed E-state index contributed by atoms with van der Waals surface area (Å²) in [7, 11) is 0. The predicted molar refractivity (Wildman–Crippen MR) is 36.1 cm³/mol. The molecular formula is C6H8N2O2. The molecule has 1 aliphatic heterocycles. The van der Waals surface area contributed by atoms with Crippen molar-refractivity contribution in [3.8, 4) is 0 Å². The Morgan fingerprint density at radius 2 is 2.50 bits per heavy atom. The molecule has 0 amide bonds. The van der Waals surface area contributed by atoms with E-state index in [1.807, 2.05) is 0 Å². The summed E-state index contributed by atoms with van der Waals surface area (Å²) in [4.78, 5) is 10.1. The first-order valence-corrected chi connectivity index (χ1v) is 2.96. The molecular weight excluding hydrogens is 132 g/mol. The van der Waals surface area contributed by atoms with Crippen molar-refractivity contribution >= 4 is 11.8 Å². The van der Waals surface area contributed by atoms with E-state index in [1.165, 1.54) is 0 Å². The number of rotatable bonds is 1. The van der Waals surface area contributed by atoms with E-state index in [2.05, 4.69) is 5.32 Å². The molecule has 4 heteroatoms. The molecule has 0 bridgehead atoms. The third-order valence-corrected chi connectivity index (χ3v) is 1.31. The maximum Gasteiger partial charge on any atom is 0.328 e. The number of carboxylic acid groups (broad SMARTS) is 1. The number of amidine groups is 1. The molecule has 1 fully saturated rings. The van der Waals surface area contributed by atoms with Crippen molar-refractivity contribution in [3.63, 3.8) is 0 Å². The molecule has 3 N–H and O–H groups in total. The number of carboxylic acids is 1. The average Bonchev–Trinajstić information content (AvgIpc) is 2.15. The number of nitrogens with one attached hydrogen (secondary N) is 2. The fourth-order valence-corrected chi connectivity index (χ4v) is 0.854. The van der Waals surface area contributed by atoms with Gasteiger partial charge in [-0.3, -0.25) is 5.41 Å². The Balaban J connectivity index is 2.72. The Morgan fingerprint density at radius 1 is 1.80 bits per heavy atom. The van der Waals surface area contributed by atoms with Crippen LogP contribution in [0.3, 0.4) is 0 Å². The van der Waals surface area contributed by atoms with Crippen molar-refractivity contribution in [2.24, 2.45) is 0 Å². The molecule has 0 unspecified atom stereocenters. The summed E-state index contributed by atoms with van der Waals surface area (Å²) in [6.07, 6.45) is 1.72. The zero-order valence-electron chi connectivity index (χ0n) is 5.35. The molecule has 0 aromatic carbocycles. The van der Waals surface area contributed by atoms with Crippen molar-refractivity contribution in [2.75, 3.05) is 6.54 Å². The third kappa shape index (κ3) is 1.34. The van der Waals surface area contributed by atoms with Gasteiger partial charge < -0.3 is 10.4 Å². The van der Waals surface area contributed by atoms with E-state index in [1.54, 1.807) is 0 Å². The highest BCUT2D eigenvalue weighted by Gasteiger charge is 2.12. The van der Waals surface area contributed by atoms with Gasteiger partial charge in [0.1, 0.15) is 5.84 Å². The summed E-state index contributed by atoms with van der Waals surface area (Å²) in [5, 5.41) is 18.2. The van der Waals surface area contributed by atoms with Crippen molar-refractivity contribution in [2.45, 2.75) is 6.42 Å². The van der Waals surface area contributed by atoms with E-state index in [9.17, 15) is 4.79 Å². The first kappa shape index (κ1) is 6.80. The Kier molecular flexibility index (Phi) is 1.71. The molecule has 0 saturated carbocycles. The minimum atomic E-state index is -0.983. The molecule has 1 heterocycles. The van der Waals surface area contributed by atoms with Crippen LogP contribution in [0.25, 0.3) is 0 Å². The zero-order chi connectivity index (χ0) is 7.56. The molecule has 1 aliphatic rings. The lowest BCUT2D eigenvalue weighted by Crippen LogP contribution is -2.13.